The third-order valence-electron chi connectivity index (χ3n) is 13.2. The first-order valence-corrected chi connectivity index (χ1v) is 25.6. The number of carbonyl (C=O) groups excluding carboxylic acids is 1. The molecule has 0 unspecified atom stereocenters. The molecule has 4 fully saturated rings. The van der Waals surface area contributed by atoms with Crippen LogP contribution < -0.4 is 35.8 Å². The number of pyridine rings is 4. The van der Waals surface area contributed by atoms with Crippen LogP contribution in [0.3, 0.4) is 0 Å². The van der Waals surface area contributed by atoms with Crippen LogP contribution in [0.25, 0.3) is 22.5 Å². The number of aromatic nitrogens is 8. The van der Waals surface area contributed by atoms with Crippen LogP contribution in [-0.4, -0.2) is 128 Å². The Hall–Kier alpha value is -6.55. The van der Waals surface area contributed by atoms with Gasteiger partial charge in [-0.1, -0.05) is 23.2 Å². The molecule has 0 aliphatic carbocycles. The van der Waals surface area contributed by atoms with E-state index in [4.69, 9.17) is 62.6 Å². The molecule has 4 N–H and O–H groups in total. The van der Waals surface area contributed by atoms with Crippen molar-refractivity contribution in [3.05, 3.63) is 101 Å². The van der Waals surface area contributed by atoms with Crippen LogP contribution >= 0.6 is 23.2 Å². The van der Waals surface area contributed by atoms with E-state index in [1.807, 2.05) is 77.9 Å². The van der Waals surface area contributed by atoms with Gasteiger partial charge in [-0.25, -0.2) is 19.7 Å². The summed E-state index contributed by atoms with van der Waals surface area (Å²) in [6, 6.07) is 11.8. The molecule has 12 rings (SSSR count). The second kappa shape index (κ2) is 21.4. The van der Waals surface area contributed by atoms with Crippen LogP contribution in [0, 0.1) is 13.8 Å². The average molecular weight is 1050 g/mol. The van der Waals surface area contributed by atoms with Gasteiger partial charge in [0.1, 0.15) is 18.5 Å². The van der Waals surface area contributed by atoms with Crippen LogP contribution in [0.2, 0.25) is 10.0 Å². The Balaban J connectivity index is 0.000000144. The number of hydrogen-bond acceptors (Lipinski definition) is 18. The molecular weight excluding hydrogens is 988 g/mol. The minimum atomic E-state index is -0.634. The van der Waals surface area contributed by atoms with Gasteiger partial charge in [-0.05, 0) is 104 Å². The Kier molecular flexibility index (Phi) is 14.7. The highest BCUT2D eigenvalue weighted by Gasteiger charge is 2.41. The van der Waals surface area contributed by atoms with E-state index >= 15 is 0 Å². The lowest BCUT2D eigenvalue weighted by molar-refractivity contribution is -0.141. The van der Waals surface area contributed by atoms with E-state index in [9.17, 15) is 4.79 Å². The van der Waals surface area contributed by atoms with Crippen LogP contribution in [0.1, 0.15) is 64.0 Å². The highest BCUT2D eigenvalue weighted by atomic mass is 35.5. The summed E-state index contributed by atoms with van der Waals surface area (Å²) in [5, 5.41) is 7.61. The molecule has 2 amide bonds. The lowest BCUT2D eigenvalue weighted by Gasteiger charge is -2.36. The maximum Gasteiger partial charge on any atom is 0.329 e. The van der Waals surface area contributed by atoms with E-state index in [1.165, 1.54) is 12.4 Å². The number of amides is 2. The number of urea groups is 1. The van der Waals surface area contributed by atoms with Gasteiger partial charge in [0.05, 0.1) is 82.5 Å². The van der Waals surface area contributed by atoms with E-state index in [1.54, 1.807) is 29.7 Å². The molecule has 4 atom stereocenters. The van der Waals surface area contributed by atoms with Crippen molar-refractivity contribution in [1.82, 2.24) is 39.9 Å². The fourth-order valence-corrected chi connectivity index (χ4v) is 10.3. The van der Waals surface area contributed by atoms with E-state index in [0.29, 0.717) is 53.2 Å². The lowest BCUT2D eigenvalue weighted by Crippen LogP contribution is -2.48. The molecule has 74 heavy (non-hydrogen) atoms. The van der Waals surface area contributed by atoms with Gasteiger partial charge < -0.3 is 44.5 Å². The molecule has 388 valence electrons. The topological polar surface area (TPSA) is 226 Å². The van der Waals surface area contributed by atoms with Crippen molar-refractivity contribution < 1.29 is 28.5 Å². The van der Waals surface area contributed by atoms with Crippen LogP contribution in [0.15, 0.2) is 73.6 Å². The van der Waals surface area contributed by atoms with Crippen molar-refractivity contribution in [2.24, 2.45) is 0 Å². The molecule has 12 heterocycles. The number of rotatable bonds is 9. The number of anilines is 6. The number of ether oxygens (including phenoxy) is 5. The number of carbonyl (C=O) groups is 1. The summed E-state index contributed by atoms with van der Waals surface area (Å²) in [6.07, 6.45) is 13.4. The second-order valence-corrected chi connectivity index (χ2v) is 20.7. The van der Waals surface area contributed by atoms with E-state index in [2.05, 4.69) is 50.3 Å². The predicted octanol–water partition coefficient (Wildman–Crippen LogP) is 8.31. The fraction of sp³-hybridized carbons (Fsp3) is 0.442. The van der Waals surface area contributed by atoms with Crippen LogP contribution in [0.4, 0.5) is 39.4 Å². The maximum absolute atomic E-state index is 13.6. The summed E-state index contributed by atoms with van der Waals surface area (Å²) in [5.41, 5.74) is 13.5. The normalized spacial score (nSPS) is 21.4. The van der Waals surface area contributed by atoms with Crippen molar-refractivity contribution in [2.45, 2.75) is 103 Å². The Bertz CT molecular complexity index is 3020. The first kappa shape index (κ1) is 51.0. The molecule has 4 saturated heterocycles. The Morgan fingerprint density at radius 1 is 0.797 bits per heavy atom. The van der Waals surface area contributed by atoms with Gasteiger partial charge in [0.25, 0.3) is 0 Å². The largest absolute Gasteiger partial charge is 0.474 e. The standard InChI is InChI=1S/C26H28ClN7O4.C15H15ClN4.C11H17N3O2/c1-15-8-16(4-6-29-15)23-19(27)9-20-24(32-23)34(17-5-7-33(20)12-17)25(35)31-21-10-28-11-22(30-21)36-13-18-14-37-26(2,3)38-18;1-9-6-10(2-4-17-9)14-12(16)7-13-15(19-14)18-11-3-5-20(13)8-11;1-11(2)15-7-9(16-11)4-3-8-5-13-6-10(12)14-8/h4,6,8-11,17-18H,5,7,12-14H2,1-3H3,(H,30,31,35);2,4,6-7,11H,3,5,8H2,1H3,(H,18,19);5-6,9H,3-4,7H2,1-2H3,(H2,12,14)/t17-,18+;11-;9-/m001/s1. The molecule has 0 aromatic carbocycles. The molecule has 0 radical (unpaired) electrons. The van der Waals surface area contributed by atoms with Gasteiger partial charge >= 0.3 is 6.03 Å². The minimum Gasteiger partial charge on any atom is -0.474 e. The number of nitrogens with two attached hydrogens (primary N) is 1. The monoisotopic (exact) mass is 1050 g/mol. The molecule has 20 nitrogen and oxygen atoms in total. The van der Waals surface area contributed by atoms with Gasteiger partial charge in [0, 0.05) is 73.3 Å². The summed E-state index contributed by atoms with van der Waals surface area (Å²) in [6.45, 7) is 16.4. The minimum absolute atomic E-state index is 0.0292. The number of hydrogen-bond donors (Lipinski definition) is 3. The zero-order valence-electron chi connectivity index (χ0n) is 42.2. The first-order valence-electron chi connectivity index (χ1n) is 24.8. The number of nitrogen functional groups attached to an aromatic ring is 1. The van der Waals surface area contributed by atoms with Crippen LogP contribution in [0.5, 0.6) is 5.88 Å². The number of halogens is 2. The van der Waals surface area contributed by atoms with Gasteiger partial charge in [-0.15, -0.1) is 0 Å². The summed E-state index contributed by atoms with van der Waals surface area (Å²) in [4.78, 5) is 54.8. The lowest BCUT2D eigenvalue weighted by atomic mass is 10.1. The Morgan fingerprint density at radius 3 is 2.12 bits per heavy atom. The number of aryl methyl sites for hydroxylation is 3. The third-order valence-corrected chi connectivity index (χ3v) is 13.8. The van der Waals surface area contributed by atoms with Crippen molar-refractivity contribution in [3.8, 4) is 28.4 Å². The molecule has 0 spiro atoms. The van der Waals surface area contributed by atoms with Crippen molar-refractivity contribution >= 4 is 63.9 Å². The van der Waals surface area contributed by atoms with Gasteiger partial charge in [-0.2, -0.15) is 4.98 Å². The van der Waals surface area contributed by atoms with Crippen molar-refractivity contribution in [3.63, 3.8) is 0 Å². The molecule has 6 aromatic heterocycles. The molecule has 22 heteroatoms. The highest BCUT2D eigenvalue weighted by molar-refractivity contribution is 6.34. The van der Waals surface area contributed by atoms with Crippen molar-refractivity contribution in [1.29, 1.82) is 0 Å². The zero-order valence-corrected chi connectivity index (χ0v) is 43.7. The summed E-state index contributed by atoms with van der Waals surface area (Å²) >= 11 is 13.1. The predicted molar refractivity (Wildman–Crippen MR) is 283 cm³/mol. The molecular formula is C52H60Cl2N14O6. The van der Waals surface area contributed by atoms with E-state index < -0.39 is 11.6 Å². The SMILES string of the molecule is CC1(C)OC[C@@H](CCc2cncc(N)n2)O1.Cc1cc(-c2nc3c(cc2Cl)N2CC[C@@H](C2)N3)ccn1.Cc1cc(-c2nc3c(cc2Cl)N2CC[C@@H](C2)N3C(=O)Nc2cncc(OC[C@@H]3COC(C)(C)O3)n2)ccn1. The quantitative estimate of drug-likeness (QED) is 0.124. The van der Waals surface area contributed by atoms with Gasteiger partial charge in [0.15, 0.2) is 29.0 Å². The molecule has 6 aliphatic heterocycles. The zero-order chi connectivity index (χ0) is 51.7. The number of nitrogens with one attached hydrogen (secondary N) is 2. The Labute approximate surface area is 439 Å². The first-order chi connectivity index (χ1) is 35.5. The summed E-state index contributed by atoms with van der Waals surface area (Å²) in [7, 11) is 0. The molecule has 6 aliphatic rings. The molecule has 4 bridgehead atoms. The second-order valence-electron chi connectivity index (χ2n) is 19.9. The van der Waals surface area contributed by atoms with Gasteiger partial charge in [0.2, 0.25) is 5.88 Å². The number of nitrogens with zero attached hydrogens (tertiary/aromatic N) is 11. The molecule has 0 saturated carbocycles. The molecule has 6 aromatic rings. The smallest absolute Gasteiger partial charge is 0.329 e. The highest BCUT2D eigenvalue weighted by Crippen LogP contribution is 2.44. The third kappa shape index (κ3) is 11.9. The maximum atomic E-state index is 13.6. The summed E-state index contributed by atoms with van der Waals surface area (Å²) in [5.74, 6) is 1.44. The van der Waals surface area contributed by atoms with Crippen molar-refractivity contribution in [2.75, 3.05) is 77.1 Å². The Morgan fingerprint density at radius 2 is 1.45 bits per heavy atom. The number of fused-ring (bicyclic) bond motifs is 8. The van der Waals surface area contributed by atoms with E-state index in [0.717, 1.165) is 96.4 Å². The van der Waals surface area contributed by atoms with Gasteiger partial charge in [-0.3, -0.25) is 30.2 Å². The average Bonchev–Trinajstić information content (AvgIpc) is 4.16. The van der Waals surface area contributed by atoms with Crippen LogP contribution in [-0.2, 0) is 25.4 Å². The van der Waals surface area contributed by atoms with E-state index in [-0.39, 0.29) is 42.6 Å². The summed E-state index contributed by atoms with van der Waals surface area (Å²) < 4.78 is 28.3. The fourth-order valence-electron chi connectivity index (χ4n) is 9.82.